The molecule has 0 aliphatic carbocycles. The van der Waals surface area contributed by atoms with E-state index in [0.29, 0.717) is 9.75 Å². The summed E-state index contributed by atoms with van der Waals surface area (Å²) in [6, 6.07) is 2.62. The third-order valence-electron chi connectivity index (χ3n) is 2.38. The maximum atomic E-state index is 11.9. The van der Waals surface area contributed by atoms with E-state index in [1.165, 1.54) is 11.3 Å². The normalized spacial score (nSPS) is 11.6. The Morgan fingerprint density at radius 2 is 2.16 bits per heavy atom. The number of thiophene rings is 1. The lowest BCUT2D eigenvalue weighted by atomic mass is 10.0. The summed E-state index contributed by atoms with van der Waals surface area (Å²) in [6.07, 6.45) is 0. The molecule has 0 bridgehead atoms. The van der Waals surface area contributed by atoms with Crippen molar-refractivity contribution >= 4 is 23.2 Å². The average Bonchev–Trinajstić information content (AvgIpc) is 2.81. The third kappa shape index (κ3) is 4.39. The highest BCUT2D eigenvalue weighted by atomic mass is 32.1. The van der Waals surface area contributed by atoms with Gasteiger partial charge in [0.25, 0.3) is 5.91 Å². The fourth-order valence-electron chi connectivity index (χ4n) is 1.43. The molecular formula is C13H16N2O3S. The van der Waals surface area contributed by atoms with Crippen LogP contribution in [-0.4, -0.2) is 29.6 Å². The van der Waals surface area contributed by atoms with Crippen molar-refractivity contribution in [3.8, 4) is 11.8 Å². The highest BCUT2D eigenvalue weighted by molar-refractivity contribution is 7.14. The van der Waals surface area contributed by atoms with Crippen LogP contribution in [-0.2, 0) is 4.79 Å². The number of carbonyl (C=O) groups excluding carboxylic acids is 2. The maximum Gasteiger partial charge on any atom is 0.262 e. The Morgan fingerprint density at radius 1 is 1.47 bits per heavy atom. The maximum absolute atomic E-state index is 11.9. The molecule has 0 spiro atoms. The van der Waals surface area contributed by atoms with Gasteiger partial charge in [0.1, 0.15) is 12.6 Å². The molecule has 0 aliphatic rings. The first kappa shape index (κ1) is 15.2. The Labute approximate surface area is 115 Å². The van der Waals surface area contributed by atoms with Gasteiger partial charge in [-0.3, -0.25) is 9.59 Å². The number of hydrogen-bond acceptors (Lipinski definition) is 4. The Kier molecular flexibility index (Phi) is 5.55. The highest BCUT2D eigenvalue weighted by Gasteiger charge is 2.22. The van der Waals surface area contributed by atoms with Gasteiger partial charge in [0, 0.05) is 0 Å². The van der Waals surface area contributed by atoms with E-state index in [9.17, 15) is 9.59 Å². The lowest BCUT2D eigenvalue weighted by molar-refractivity contribution is -0.120. The summed E-state index contributed by atoms with van der Waals surface area (Å²) in [5.41, 5.74) is 5.23. The average molecular weight is 280 g/mol. The van der Waals surface area contributed by atoms with Gasteiger partial charge in [-0.15, -0.1) is 11.3 Å². The molecule has 19 heavy (non-hydrogen) atoms. The van der Waals surface area contributed by atoms with Crippen molar-refractivity contribution in [1.82, 2.24) is 5.32 Å². The number of aliphatic hydroxyl groups excluding tert-OH is 1. The predicted octanol–water partition coefficient (Wildman–Crippen LogP) is 0.332. The van der Waals surface area contributed by atoms with Crippen molar-refractivity contribution in [3.63, 3.8) is 0 Å². The van der Waals surface area contributed by atoms with E-state index >= 15 is 0 Å². The molecule has 0 fully saturated rings. The zero-order valence-corrected chi connectivity index (χ0v) is 11.6. The molecule has 1 aromatic rings. The lowest BCUT2D eigenvalue weighted by Crippen LogP contribution is -2.47. The van der Waals surface area contributed by atoms with Gasteiger partial charge in [-0.1, -0.05) is 25.7 Å². The standard InChI is InChI=1S/C13H16N2O3S/c1-8(2)11(12(14)17)15-13(18)10-6-5-9(19-10)4-3-7-16/h5-6,8,11,16H,7H2,1-2H3,(H2,14,17)(H,15,18). The molecule has 102 valence electrons. The quantitative estimate of drug-likeness (QED) is 0.694. The summed E-state index contributed by atoms with van der Waals surface area (Å²) < 4.78 is 0. The molecule has 0 aromatic carbocycles. The van der Waals surface area contributed by atoms with Crippen LogP contribution in [0.15, 0.2) is 12.1 Å². The summed E-state index contributed by atoms with van der Waals surface area (Å²) in [6.45, 7) is 3.39. The molecule has 4 N–H and O–H groups in total. The molecule has 0 aliphatic heterocycles. The summed E-state index contributed by atoms with van der Waals surface area (Å²) in [5.74, 6) is 4.24. The number of nitrogens with one attached hydrogen (secondary N) is 1. The molecule has 0 saturated carbocycles. The molecule has 6 heteroatoms. The number of nitrogens with two attached hydrogens (primary N) is 1. The van der Waals surface area contributed by atoms with E-state index in [-0.39, 0.29) is 18.4 Å². The first-order valence-corrected chi connectivity index (χ1v) is 6.57. The zero-order chi connectivity index (χ0) is 14.4. The Hall–Kier alpha value is -1.84. The third-order valence-corrected chi connectivity index (χ3v) is 3.38. The largest absolute Gasteiger partial charge is 0.384 e. The highest BCUT2D eigenvalue weighted by Crippen LogP contribution is 2.16. The fourth-order valence-corrected chi connectivity index (χ4v) is 2.22. The number of aliphatic hydroxyl groups is 1. The molecule has 0 saturated heterocycles. The molecule has 0 radical (unpaired) electrons. The van der Waals surface area contributed by atoms with Crippen LogP contribution in [0.1, 0.15) is 28.4 Å². The van der Waals surface area contributed by atoms with Crippen LogP contribution in [0.5, 0.6) is 0 Å². The molecule has 1 unspecified atom stereocenters. The van der Waals surface area contributed by atoms with Crippen LogP contribution >= 0.6 is 11.3 Å². The van der Waals surface area contributed by atoms with Gasteiger partial charge >= 0.3 is 0 Å². The van der Waals surface area contributed by atoms with Crippen molar-refractivity contribution in [2.45, 2.75) is 19.9 Å². The molecule has 1 rings (SSSR count). The van der Waals surface area contributed by atoms with E-state index in [4.69, 9.17) is 10.8 Å². The minimum atomic E-state index is -0.693. The van der Waals surface area contributed by atoms with Crippen molar-refractivity contribution in [1.29, 1.82) is 0 Å². The molecular weight excluding hydrogens is 264 g/mol. The van der Waals surface area contributed by atoms with Gasteiger partial charge in [-0.25, -0.2) is 0 Å². The van der Waals surface area contributed by atoms with Crippen LogP contribution in [0.2, 0.25) is 0 Å². The van der Waals surface area contributed by atoms with E-state index in [1.807, 2.05) is 13.8 Å². The minimum absolute atomic E-state index is 0.0740. The van der Waals surface area contributed by atoms with Gasteiger partial charge in [-0.05, 0) is 18.1 Å². The van der Waals surface area contributed by atoms with Crippen molar-refractivity contribution in [2.24, 2.45) is 11.7 Å². The van der Waals surface area contributed by atoms with Crippen LogP contribution in [0.3, 0.4) is 0 Å². The Bertz CT molecular complexity index is 525. The summed E-state index contributed by atoms with van der Waals surface area (Å²) in [5, 5.41) is 11.2. The van der Waals surface area contributed by atoms with Gasteiger partial charge < -0.3 is 16.2 Å². The van der Waals surface area contributed by atoms with Gasteiger partial charge in [0.15, 0.2) is 0 Å². The summed E-state index contributed by atoms with van der Waals surface area (Å²) >= 11 is 1.20. The van der Waals surface area contributed by atoms with E-state index in [0.717, 1.165) is 0 Å². The Morgan fingerprint density at radius 3 is 2.68 bits per heavy atom. The number of carbonyl (C=O) groups is 2. The first-order valence-electron chi connectivity index (χ1n) is 5.75. The van der Waals surface area contributed by atoms with Crippen molar-refractivity contribution < 1.29 is 14.7 Å². The van der Waals surface area contributed by atoms with E-state index in [2.05, 4.69) is 17.2 Å². The fraction of sp³-hybridized carbons (Fsp3) is 0.385. The second-order valence-electron chi connectivity index (χ2n) is 4.22. The SMILES string of the molecule is CC(C)C(NC(=O)c1ccc(C#CCO)s1)C(N)=O. The van der Waals surface area contributed by atoms with Crippen LogP contribution < -0.4 is 11.1 Å². The predicted molar refractivity (Wildman–Crippen MR) is 73.6 cm³/mol. The minimum Gasteiger partial charge on any atom is -0.384 e. The number of amides is 2. The topological polar surface area (TPSA) is 92.4 Å². The van der Waals surface area contributed by atoms with Crippen LogP contribution in [0.4, 0.5) is 0 Å². The number of rotatable bonds is 4. The first-order chi connectivity index (χ1) is 8.95. The van der Waals surface area contributed by atoms with Crippen LogP contribution in [0.25, 0.3) is 0 Å². The summed E-state index contributed by atoms with van der Waals surface area (Å²) in [4.78, 5) is 24.3. The smallest absolute Gasteiger partial charge is 0.262 e. The van der Waals surface area contributed by atoms with Crippen molar-refractivity contribution in [3.05, 3.63) is 21.9 Å². The second kappa shape index (κ2) is 6.92. The monoisotopic (exact) mass is 280 g/mol. The molecule has 5 nitrogen and oxygen atoms in total. The van der Waals surface area contributed by atoms with Crippen LogP contribution in [0, 0.1) is 17.8 Å². The number of hydrogen-bond donors (Lipinski definition) is 3. The Balaban J connectivity index is 2.77. The molecule has 1 atom stereocenters. The molecule has 1 aromatic heterocycles. The second-order valence-corrected chi connectivity index (χ2v) is 5.31. The number of primary amides is 1. The van der Waals surface area contributed by atoms with Gasteiger partial charge in [-0.2, -0.15) is 0 Å². The molecule has 1 heterocycles. The van der Waals surface area contributed by atoms with Gasteiger partial charge in [0.05, 0.1) is 9.75 Å². The van der Waals surface area contributed by atoms with Gasteiger partial charge in [0.2, 0.25) is 5.91 Å². The zero-order valence-electron chi connectivity index (χ0n) is 10.8. The molecule has 2 amide bonds. The van der Waals surface area contributed by atoms with Crippen molar-refractivity contribution in [2.75, 3.05) is 6.61 Å². The van der Waals surface area contributed by atoms with E-state index in [1.54, 1.807) is 12.1 Å². The van der Waals surface area contributed by atoms with E-state index < -0.39 is 11.9 Å². The lowest BCUT2D eigenvalue weighted by Gasteiger charge is -2.18. The summed E-state index contributed by atoms with van der Waals surface area (Å²) in [7, 11) is 0.